The van der Waals surface area contributed by atoms with Crippen molar-refractivity contribution in [3.8, 4) is 0 Å². The molecule has 168 valence electrons. The van der Waals surface area contributed by atoms with Gasteiger partial charge in [0.15, 0.2) is 0 Å². The average molecular weight is 499 g/mol. The summed E-state index contributed by atoms with van der Waals surface area (Å²) in [6.45, 7) is 3.91. The zero-order chi connectivity index (χ0) is 22.4. The molecular formula is C22H27ClN2O3S3. The average Bonchev–Trinajstić information content (AvgIpc) is 2.77. The number of nitrogens with one attached hydrogen (secondary N) is 1. The van der Waals surface area contributed by atoms with Crippen molar-refractivity contribution in [2.75, 3.05) is 31.6 Å². The lowest BCUT2D eigenvalue weighted by Crippen LogP contribution is -2.38. The number of hydrogen-bond donors (Lipinski definition) is 1. The lowest BCUT2D eigenvalue weighted by molar-refractivity contribution is 0.0693. The highest BCUT2D eigenvalue weighted by Gasteiger charge is 2.25. The lowest BCUT2D eigenvalue weighted by Gasteiger charge is -2.30. The molecule has 0 radical (unpaired) electrons. The van der Waals surface area contributed by atoms with Crippen LogP contribution >= 0.6 is 35.1 Å². The number of carbonyl (C=O) groups excluding carboxylic acids is 1. The fraction of sp³-hybridized carbons (Fsp3) is 0.409. The van der Waals surface area contributed by atoms with Crippen LogP contribution in [-0.2, 0) is 10.0 Å². The molecule has 1 amide bonds. The van der Waals surface area contributed by atoms with Gasteiger partial charge in [0.1, 0.15) is 0 Å². The summed E-state index contributed by atoms with van der Waals surface area (Å²) in [6, 6.07) is 12.2. The van der Waals surface area contributed by atoms with Crippen LogP contribution in [0.4, 0.5) is 0 Å². The number of piperidine rings is 1. The third kappa shape index (κ3) is 6.65. The summed E-state index contributed by atoms with van der Waals surface area (Å²) in [6.07, 6.45) is 3.85. The molecule has 31 heavy (non-hydrogen) atoms. The lowest BCUT2D eigenvalue weighted by atomic mass is 9.98. The monoisotopic (exact) mass is 498 g/mol. The Bertz CT molecular complexity index is 1010. The van der Waals surface area contributed by atoms with Gasteiger partial charge in [-0.1, -0.05) is 18.5 Å². The second kappa shape index (κ2) is 11.1. The van der Waals surface area contributed by atoms with Crippen molar-refractivity contribution in [3.63, 3.8) is 0 Å². The number of nitrogens with zero attached hydrogens (tertiary/aromatic N) is 1. The SMILES string of the molecule is CSc1ccc(S(=O)(=O)NCCSc2ccc(Cl)cc2)cc1C(=O)N1CCC(C)CC1. The maximum Gasteiger partial charge on any atom is 0.255 e. The Morgan fingerprint density at radius 3 is 2.48 bits per heavy atom. The molecule has 1 N–H and O–H groups in total. The van der Waals surface area contributed by atoms with E-state index in [1.165, 1.54) is 17.8 Å². The van der Waals surface area contributed by atoms with Gasteiger partial charge in [0.05, 0.1) is 10.5 Å². The zero-order valence-electron chi connectivity index (χ0n) is 17.6. The largest absolute Gasteiger partial charge is 0.339 e. The highest BCUT2D eigenvalue weighted by molar-refractivity contribution is 7.99. The van der Waals surface area contributed by atoms with Crippen LogP contribution in [0.3, 0.4) is 0 Å². The van der Waals surface area contributed by atoms with Gasteiger partial charge in [-0.2, -0.15) is 0 Å². The minimum atomic E-state index is -3.71. The third-order valence-electron chi connectivity index (χ3n) is 5.26. The van der Waals surface area contributed by atoms with Crippen molar-refractivity contribution < 1.29 is 13.2 Å². The molecule has 0 aliphatic carbocycles. The smallest absolute Gasteiger partial charge is 0.255 e. The Balaban J connectivity index is 1.67. The van der Waals surface area contributed by atoms with Gasteiger partial charge >= 0.3 is 0 Å². The number of carbonyl (C=O) groups is 1. The zero-order valence-corrected chi connectivity index (χ0v) is 20.8. The summed E-state index contributed by atoms with van der Waals surface area (Å²) in [5.41, 5.74) is 0.459. The molecule has 1 fully saturated rings. The van der Waals surface area contributed by atoms with Gasteiger partial charge in [-0.3, -0.25) is 4.79 Å². The Morgan fingerprint density at radius 1 is 1.16 bits per heavy atom. The van der Waals surface area contributed by atoms with Gasteiger partial charge in [-0.15, -0.1) is 23.5 Å². The van der Waals surface area contributed by atoms with E-state index in [1.54, 1.807) is 23.9 Å². The van der Waals surface area contributed by atoms with Gasteiger partial charge in [0, 0.05) is 40.2 Å². The molecule has 2 aromatic carbocycles. The first-order valence-corrected chi connectivity index (χ1v) is 14.2. The first-order chi connectivity index (χ1) is 14.8. The van der Waals surface area contributed by atoms with E-state index in [2.05, 4.69) is 11.6 Å². The van der Waals surface area contributed by atoms with E-state index in [4.69, 9.17) is 11.6 Å². The number of sulfonamides is 1. The van der Waals surface area contributed by atoms with E-state index in [0.717, 1.165) is 22.6 Å². The molecule has 0 saturated carbocycles. The third-order valence-corrected chi connectivity index (χ3v) is 8.78. The molecule has 1 aliphatic heterocycles. The van der Waals surface area contributed by atoms with Crippen LogP contribution in [0.15, 0.2) is 57.2 Å². The second-order valence-electron chi connectivity index (χ2n) is 7.54. The van der Waals surface area contributed by atoms with Crippen molar-refractivity contribution in [1.29, 1.82) is 0 Å². The first-order valence-electron chi connectivity index (χ1n) is 10.2. The summed E-state index contributed by atoms with van der Waals surface area (Å²) in [4.78, 5) is 16.9. The van der Waals surface area contributed by atoms with Gasteiger partial charge in [-0.05, 0) is 67.5 Å². The van der Waals surface area contributed by atoms with Crippen LogP contribution in [0.2, 0.25) is 5.02 Å². The Hall–Kier alpha value is -1.19. The number of benzene rings is 2. The molecule has 0 bridgehead atoms. The van der Waals surface area contributed by atoms with Crippen LogP contribution in [-0.4, -0.2) is 50.9 Å². The topological polar surface area (TPSA) is 66.5 Å². The maximum absolute atomic E-state index is 13.1. The molecule has 2 aromatic rings. The summed E-state index contributed by atoms with van der Waals surface area (Å²) in [5, 5.41) is 0.670. The summed E-state index contributed by atoms with van der Waals surface area (Å²) >= 11 is 8.88. The van der Waals surface area contributed by atoms with E-state index < -0.39 is 10.0 Å². The minimum Gasteiger partial charge on any atom is -0.339 e. The Labute approximate surface area is 198 Å². The molecular weight excluding hydrogens is 472 g/mol. The van der Waals surface area contributed by atoms with Crippen molar-refractivity contribution in [3.05, 3.63) is 53.1 Å². The molecule has 3 rings (SSSR count). The standard InChI is InChI=1S/C22H27ClN2O3S3/c1-16-9-12-25(13-10-16)22(26)20-15-19(7-8-21(20)29-2)31(27,28)24-11-14-30-18-5-3-17(23)4-6-18/h3-8,15-16,24H,9-14H2,1-2H3. The van der Waals surface area contributed by atoms with E-state index in [9.17, 15) is 13.2 Å². The molecule has 0 unspecified atom stereocenters. The van der Waals surface area contributed by atoms with Crippen molar-refractivity contribution >= 4 is 51.1 Å². The fourth-order valence-electron chi connectivity index (χ4n) is 3.36. The van der Waals surface area contributed by atoms with Gasteiger partial charge < -0.3 is 4.90 Å². The van der Waals surface area contributed by atoms with Gasteiger partial charge in [0.2, 0.25) is 10.0 Å². The number of rotatable bonds is 8. The number of likely N-dealkylation sites (tertiary alicyclic amines) is 1. The first kappa shape index (κ1) is 24.5. The van der Waals surface area contributed by atoms with Crippen LogP contribution in [0.25, 0.3) is 0 Å². The van der Waals surface area contributed by atoms with Crippen LogP contribution in [0.5, 0.6) is 0 Å². The number of hydrogen-bond acceptors (Lipinski definition) is 5. The Kier molecular flexibility index (Phi) is 8.75. The molecule has 0 atom stereocenters. The molecule has 5 nitrogen and oxygen atoms in total. The minimum absolute atomic E-state index is 0.0911. The van der Waals surface area contributed by atoms with Crippen LogP contribution < -0.4 is 4.72 Å². The summed E-state index contributed by atoms with van der Waals surface area (Å²) < 4.78 is 28.3. The molecule has 9 heteroatoms. The predicted octanol–water partition coefficient (Wildman–Crippen LogP) is 5.00. The van der Waals surface area contributed by atoms with Crippen molar-refractivity contribution in [1.82, 2.24) is 9.62 Å². The quantitative estimate of drug-likeness (QED) is 0.409. The van der Waals surface area contributed by atoms with E-state index >= 15 is 0 Å². The van der Waals surface area contributed by atoms with Crippen LogP contribution in [0.1, 0.15) is 30.1 Å². The number of halogens is 1. The highest BCUT2D eigenvalue weighted by Crippen LogP contribution is 2.27. The highest BCUT2D eigenvalue weighted by atomic mass is 35.5. The normalized spacial score (nSPS) is 15.3. The van der Waals surface area contributed by atoms with E-state index in [-0.39, 0.29) is 17.3 Å². The van der Waals surface area contributed by atoms with E-state index in [1.807, 2.05) is 35.4 Å². The summed E-state index contributed by atoms with van der Waals surface area (Å²) in [7, 11) is -3.71. The van der Waals surface area contributed by atoms with Crippen LogP contribution in [0, 0.1) is 5.92 Å². The van der Waals surface area contributed by atoms with Crippen molar-refractivity contribution in [2.45, 2.75) is 34.5 Å². The molecule has 0 aromatic heterocycles. The molecule has 1 aliphatic rings. The number of amides is 1. The molecule has 1 heterocycles. The van der Waals surface area contributed by atoms with Gasteiger partial charge in [-0.25, -0.2) is 13.1 Å². The number of thioether (sulfide) groups is 2. The second-order valence-corrected chi connectivity index (χ2v) is 11.8. The van der Waals surface area contributed by atoms with Gasteiger partial charge in [0.25, 0.3) is 5.91 Å². The molecule has 0 spiro atoms. The van der Waals surface area contributed by atoms with Crippen molar-refractivity contribution in [2.24, 2.45) is 5.92 Å². The fourth-order valence-corrected chi connectivity index (χ4v) is 6.01. The maximum atomic E-state index is 13.1. The summed E-state index contributed by atoms with van der Waals surface area (Å²) in [5.74, 6) is 1.11. The van der Waals surface area contributed by atoms with E-state index in [0.29, 0.717) is 35.3 Å². The Morgan fingerprint density at radius 2 is 1.84 bits per heavy atom. The molecule has 1 saturated heterocycles. The predicted molar refractivity (Wildman–Crippen MR) is 130 cm³/mol.